The van der Waals surface area contributed by atoms with Crippen molar-refractivity contribution in [2.45, 2.75) is 84.2 Å². The summed E-state index contributed by atoms with van der Waals surface area (Å²) in [5.41, 5.74) is 4.17. The van der Waals surface area contributed by atoms with Crippen molar-refractivity contribution in [3.05, 3.63) is 89.5 Å². The monoisotopic (exact) mass is 604 g/mol. The van der Waals surface area contributed by atoms with E-state index in [-0.39, 0.29) is 10.9 Å². The third-order valence-corrected chi connectivity index (χ3v) is 9.73. The molecular weight excluding hydrogens is 574 g/mol. The molecule has 1 fully saturated rings. The van der Waals surface area contributed by atoms with E-state index in [9.17, 15) is 39.3 Å². The second-order valence-electron chi connectivity index (χ2n) is 9.76. The summed E-state index contributed by atoms with van der Waals surface area (Å²) in [6.07, 6.45) is -4.18. The van der Waals surface area contributed by atoms with E-state index in [1.54, 1.807) is 0 Å². The Morgan fingerprint density at radius 3 is 1.43 bits per heavy atom. The topological polar surface area (TPSA) is 57.2 Å². The summed E-state index contributed by atoms with van der Waals surface area (Å²) >= 11 is 0. The van der Waals surface area contributed by atoms with E-state index in [1.807, 2.05) is 0 Å². The third-order valence-electron chi connectivity index (χ3n) is 6.62. The predicted molar refractivity (Wildman–Crippen MR) is 142 cm³/mol. The summed E-state index contributed by atoms with van der Waals surface area (Å²) in [6.45, 7) is 4.32. The highest BCUT2D eigenvalue weighted by molar-refractivity contribution is 7.97. The molecule has 1 atom stereocenters. The molecule has 0 spiro atoms. The number of benzene rings is 3. The fourth-order valence-electron chi connectivity index (χ4n) is 4.39. The molecule has 3 aromatic carbocycles. The molecule has 0 bridgehead atoms. The summed E-state index contributed by atoms with van der Waals surface area (Å²) < 4.78 is 97.5. The molecule has 40 heavy (non-hydrogen) atoms. The summed E-state index contributed by atoms with van der Waals surface area (Å²) in [7, 11) is -6.71. The van der Waals surface area contributed by atoms with Crippen LogP contribution < -0.4 is 0 Å². The van der Waals surface area contributed by atoms with Crippen LogP contribution >= 0.6 is 0 Å². The van der Waals surface area contributed by atoms with Gasteiger partial charge in [0.15, 0.2) is 24.8 Å². The molecule has 4 rings (SSSR count). The normalized spacial score (nSPS) is 15.8. The zero-order chi connectivity index (χ0) is 29.7. The maximum Gasteiger partial charge on any atom is 0.426 e. The van der Waals surface area contributed by atoms with Gasteiger partial charge < -0.3 is 4.55 Å². The quantitative estimate of drug-likeness (QED) is 0.161. The zero-order valence-corrected chi connectivity index (χ0v) is 23.6. The van der Waals surface area contributed by atoms with Crippen LogP contribution in [0.1, 0.15) is 54.7 Å². The Labute approximate surface area is 233 Å². The van der Waals surface area contributed by atoms with Gasteiger partial charge in [-0.2, -0.15) is 22.0 Å². The van der Waals surface area contributed by atoms with Crippen molar-refractivity contribution in [2.75, 3.05) is 0 Å². The molecule has 1 aliphatic carbocycles. The Bertz CT molecular complexity index is 1290. The smallest absolute Gasteiger partial charge is 0.426 e. The minimum absolute atomic E-state index is 0.0444. The number of hydrogen-bond donors (Lipinski definition) is 0. The molecule has 1 aliphatic rings. The van der Waals surface area contributed by atoms with Gasteiger partial charge in [0.25, 0.3) is 6.17 Å². The number of hydrogen-bond acceptors (Lipinski definition) is 3. The zero-order valence-electron chi connectivity index (χ0n) is 21.9. The second kappa shape index (κ2) is 13.0. The Hall–Kier alpha value is -2.50. The van der Waals surface area contributed by atoms with Gasteiger partial charge in [-0.05, 0) is 74.6 Å². The van der Waals surface area contributed by atoms with E-state index < -0.39 is 27.7 Å². The Morgan fingerprint density at radius 1 is 0.725 bits per heavy atom. The first-order valence-corrected chi connectivity index (χ1v) is 15.3. The molecular formula is C29H30F6O3S2. The van der Waals surface area contributed by atoms with Crippen LogP contribution in [0, 0.1) is 13.8 Å². The van der Waals surface area contributed by atoms with Gasteiger partial charge >= 0.3 is 11.4 Å². The van der Waals surface area contributed by atoms with Gasteiger partial charge in [-0.15, -0.1) is 0 Å². The Balaban J connectivity index is 0.000000289. The van der Waals surface area contributed by atoms with Crippen molar-refractivity contribution in [1.82, 2.24) is 0 Å². The van der Waals surface area contributed by atoms with Crippen molar-refractivity contribution < 1.29 is 39.3 Å². The van der Waals surface area contributed by atoms with E-state index >= 15 is 0 Å². The van der Waals surface area contributed by atoms with Crippen molar-refractivity contribution in [2.24, 2.45) is 0 Å². The molecule has 0 aromatic heterocycles. The van der Waals surface area contributed by atoms with Crippen molar-refractivity contribution in [3.63, 3.8) is 0 Å². The lowest BCUT2D eigenvalue weighted by Crippen LogP contribution is -2.46. The number of aryl methyl sites for hydroxylation is 2. The highest BCUT2D eigenvalue weighted by atomic mass is 32.2. The van der Waals surface area contributed by atoms with Gasteiger partial charge in [0, 0.05) is 0 Å². The van der Waals surface area contributed by atoms with Crippen LogP contribution in [0.4, 0.5) is 26.3 Å². The number of rotatable bonds is 6. The largest absolute Gasteiger partial charge is 0.743 e. The summed E-state index contributed by atoms with van der Waals surface area (Å²) in [5.74, 6) is 0.772. The van der Waals surface area contributed by atoms with Crippen LogP contribution in [-0.2, 0) is 21.0 Å². The van der Waals surface area contributed by atoms with Gasteiger partial charge in [-0.1, -0.05) is 66.8 Å². The van der Waals surface area contributed by atoms with Crippen LogP contribution in [0.5, 0.6) is 0 Å². The first-order valence-electron chi connectivity index (χ1n) is 12.6. The van der Waals surface area contributed by atoms with E-state index in [0.717, 1.165) is 5.92 Å². The summed E-state index contributed by atoms with van der Waals surface area (Å²) in [4.78, 5) is 4.21. The second-order valence-corrected chi connectivity index (χ2v) is 13.2. The van der Waals surface area contributed by atoms with Crippen molar-refractivity contribution in [1.29, 1.82) is 0 Å². The van der Waals surface area contributed by atoms with Crippen LogP contribution in [0.25, 0.3) is 0 Å². The molecule has 0 aliphatic heterocycles. The van der Waals surface area contributed by atoms with Crippen LogP contribution in [0.3, 0.4) is 0 Å². The fourth-order valence-corrected chi connectivity index (χ4v) is 6.81. The lowest BCUT2D eigenvalue weighted by molar-refractivity contribution is -0.223. The van der Waals surface area contributed by atoms with E-state index in [0.29, 0.717) is 0 Å². The highest BCUT2D eigenvalue weighted by Crippen LogP contribution is 2.38. The van der Waals surface area contributed by atoms with Gasteiger partial charge in [0.2, 0.25) is 0 Å². The maximum atomic E-state index is 11.8. The molecule has 1 unspecified atom stereocenters. The van der Waals surface area contributed by atoms with Crippen molar-refractivity contribution in [3.8, 4) is 0 Å². The van der Waals surface area contributed by atoms with Gasteiger partial charge in [-0.25, -0.2) is 12.8 Å². The van der Waals surface area contributed by atoms with E-state index in [1.165, 1.54) is 63.5 Å². The molecule has 218 valence electrons. The average molecular weight is 605 g/mol. The molecule has 0 radical (unpaired) electrons. The molecule has 0 amide bonds. The summed E-state index contributed by atoms with van der Waals surface area (Å²) in [6, 6.07) is 27.7. The molecule has 0 N–H and O–H groups in total. The number of alkyl halides is 6. The fraction of sp³-hybridized carbons (Fsp3) is 0.379. The Kier molecular flexibility index (Phi) is 10.4. The van der Waals surface area contributed by atoms with Gasteiger partial charge in [0.05, 0.1) is 10.9 Å². The standard InChI is InChI=1S/C26H29S.C3H2F6O3S/c1-20-8-14-24(15-9-20)27(25-16-10-21(2)11-17-25)26-18-12-23(13-19-26)22-6-4-3-5-7-22;4-1(2(5,6)7)3(8,9)13(10,11)12/h8-19,22H,3-7H2,1-2H3;1H,(H,10,11,12)/q+1;/p-1. The predicted octanol–water partition coefficient (Wildman–Crippen LogP) is 8.47. The lowest BCUT2D eigenvalue weighted by Gasteiger charge is -2.24. The minimum Gasteiger partial charge on any atom is -0.743 e. The van der Waals surface area contributed by atoms with E-state index in [2.05, 4.69) is 86.6 Å². The first kappa shape index (κ1) is 32.0. The molecule has 1 saturated carbocycles. The lowest BCUT2D eigenvalue weighted by atomic mass is 9.84. The van der Waals surface area contributed by atoms with Crippen molar-refractivity contribution >= 4 is 21.0 Å². The van der Waals surface area contributed by atoms with Gasteiger partial charge in [0.1, 0.15) is 0 Å². The van der Waals surface area contributed by atoms with Crippen LogP contribution in [0.15, 0.2) is 87.5 Å². The molecule has 0 saturated heterocycles. The van der Waals surface area contributed by atoms with Gasteiger partial charge in [-0.3, -0.25) is 0 Å². The third kappa shape index (κ3) is 8.04. The average Bonchev–Trinajstić information content (AvgIpc) is 2.91. The maximum absolute atomic E-state index is 11.8. The molecule has 3 nitrogen and oxygen atoms in total. The SMILES string of the molecule is Cc1ccc([S+](c2ccc(C)cc2)c2ccc(C3CCCCC3)cc2)cc1.O=S(=O)([O-])C(F)(F)C(F)C(F)(F)F. The minimum atomic E-state index is -6.66. The Morgan fingerprint density at radius 2 is 1.10 bits per heavy atom. The van der Waals surface area contributed by atoms with Crippen LogP contribution in [-0.4, -0.2) is 30.6 Å². The highest BCUT2D eigenvalue weighted by Gasteiger charge is 2.61. The first-order chi connectivity index (χ1) is 18.6. The molecule has 11 heteroatoms. The number of halogens is 6. The molecule has 3 aromatic rings. The van der Waals surface area contributed by atoms with Crippen LogP contribution in [0.2, 0.25) is 0 Å². The van der Waals surface area contributed by atoms with E-state index in [4.69, 9.17) is 0 Å². The summed E-state index contributed by atoms with van der Waals surface area (Å²) in [5, 5.41) is -5.99. The molecule has 0 heterocycles.